The molecule has 148 valence electrons. The molecule has 5 nitrogen and oxygen atoms in total. The number of amides is 2. The van der Waals surface area contributed by atoms with Crippen molar-refractivity contribution in [3.8, 4) is 0 Å². The highest BCUT2D eigenvalue weighted by atomic mass is 19.2. The van der Waals surface area contributed by atoms with Crippen molar-refractivity contribution in [3.05, 3.63) is 95.6 Å². The van der Waals surface area contributed by atoms with Gasteiger partial charge in [-0.05, 0) is 29.8 Å². The van der Waals surface area contributed by atoms with Gasteiger partial charge in [-0.3, -0.25) is 9.59 Å². The number of nitrogens with one attached hydrogen (secondary N) is 3. The molecule has 0 radical (unpaired) electrons. The maximum atomic E-state index is 13.2. The van der Waals surface area contributed by atoms with E-state index < -0.39 is 17.5 Å². The molecular weight excluding hydrogens is 376 g/mol. The topological polar surface area (TPSA) is 70.2 Å². The summed E-state index contributed by atoms with van der Waals surface area (Å²) in [7, 11) is 0. The summed E-state index contributed by atoms with van der Waals surface area (Å²) >= 11 is 0. The van der Waals surface area contributed by atoms with Crippen LogP contribution in [0.1, 0.15) is 15.9 Å². The number of benzene rings is 3. The summed E-state index contributed by atoms with van der Waals surface area (Å²) in [4.78, 5) is 24.6. The van der Waals surface area contributed by atoms with Crippen LogP contribution in [0, 0.1) is 11.6 Å². The minimum Gasteiger partial charge on any atom is -0.376 e. The lowest BCUT2D eigenvalue weighted by atomic mass is 10.1. The Bertz CT molecular complexity index is 1010. The molecule has 3 aromatic rings. The van der Waals surface area contributed by atoms with Crippen molar-refractivity contribution in [1.82, 2.24) is 5.32 Å². The van der Waals surface area contributed by atoms with Crippen molar-refractivity contribution in [3.63, 3.8) is 0 Å². The van der Waals surface area contributed by atoms with E-state index in [1.165, 1.54) is 6.07 Å². The van der Waals surface area contributed by atoms with Gasteiger partial charge in [0.05, 0.1) is 12.1 Å². The first kappa shape index (κ1) is 20.0. The van der Waals surface area contributed by atoms with Crippen molar-refractivity contribution in [2.45, 2.75) is 6.54 Å². The van der Waals surface area contributed by atoms with E-state index in [9.17, 15) is 18.4 Å². The average Bonchev–Trinajstić information content (AvgIpc) is 2.74. The number of hydrogen-bond donors (Lipinski definition) is 3. The molecule has 0 fully saturated rings. The Kier molecular flexibility index (Phi) is 6.52. The fourth-order valence-corrected chi connectivity index (χ4v) is 2.66. The van der Waals surface area contributed by atoms with Gasteiger partial charge in [0.2, 0.25) is 5.91 Å². The highest BCUT2D eigenvalue weighted by Gasteiger charge is 2.12. The first-order chi connectivity index (χ1) is 14.0. The van der Waals surface area contributed by atoms with Crippen molar-refractivity contribution in [2.75, 3.05) is 17.2 Å². The average molecular weight is 395 g/mol. The van der Waals surface area contributed by atoms with E-state index in [0.717, 1.165) is 17.7 Å². The Balaban J connectivity index is 1.58. The molecule has 0 atom stereocenters. The Hall–Kier alpha value is -3.74. The molecule has 0 bridgehead atoms. The highest BCUT2D eigenvalue weighted by Crippen LogP contribution is 2.16. The van der Waals surface area contributed by atoms with Crippen LogP contribution in [-0.4, -0.2) is 18.4 Å². The number of carbonyl (C=O) groups excluding carboxylic acids is 2. The van der Waals surface area contributed by atoms with E-state index >= 15 is 0 Å². The molecule has 0 spiro atoms. The van der Waals surface area contributed by atoms with Crippen LogP contribution in [0.15, 0.2) is 72.8 Å². The summed E-state index contributed by atoms with van der Waals surface area (Å²) in [5.74, 6) is -2.78. The summed E-state index contributed by atoms with van der Waals surface area (Å²) in [6, 6.07) is 19.4. The first-order valence-corrected chi connectivity index (χ1v) is 8.93. The number of para-hydroxylation sites is 1. The maximum absolute atomic E-state index is 13.2. The molecule has 0 aliphatic carbocycles. The van der Waals surface area contributed by atoms with E-state index in [2.05, 4.69) is 16.0 Å². The van der Waals surface area contributed by atoms with Crippen LogP contribution in [0.5, 0.6) is 0 Å². The molecule has 7 heteroatoms. The Morgan fingerprint density at radius 3 is 2.31 bits per heavy atom. The summed E-state index contributed by atoms with van der Waals surface area (Å²) in [5, 5.41) is 8.20. The van der Waals surface area contributed by atoms with Gasteiger partial charge in [-0.15, -0.1) is 0 Å². The molecule has 0 aliphatic rings. The lowest BCUT2D eigenvalue weighted by Crippen LogP contribution is -2.26. The van der Waals surface area contributed by atoms with Gasteiger partial charge in [-0.2, -0.15) is 0 Å². The fourth-order valence-electron chi connectivity index (χ4n) is 2.66. The smallest absolute Gasteiger partial charge is 0.253 e. The van der Waals surface area contributed by atoms with Crippen LogP contribution in [-0.2, 0) is 11.3 Å². The Morgan fingerprint density at radius 2 is 1.55 bits per heavy atom. The van der Waals surface area contributed by atoms with Gasteiger partial charge in [-0.25, -0.2) is 8.78 Å². The minimum absolute atomic E-state index is 0.143. The monoisotopic (exact) mass is 395 g/mol. The molecular formula is C22H19F2N3O2. The van der Waals surface area contributed by atoms with Crippen LogP contribution >= 0.6 is 0 Å². The second kappa shape index (κ2) is 9.45. The molecule has 0 heterocycles. The number of halogens is 2. The van der Waals surface area contributed by atoms with Crippen LogP contribution in [0.25, 0.3) is 0 Å². The van der Waals surface area contributed by atoms with Gasteiger partial charge in [0.1, 0.15) is 0 Å². The molecule has 3 N–H and O–H groups in total. The summed E-state index contributed by atoms with van der Waals surface area (Å²) in [5.41, 5.74) is 1.99. The SMILES string of the molecule is O=C(CNc1ccccc1C(=O)NCc1ccccc1)Nc1ccc(F)c(F)c1. The number of hydrogen-bond acceptors (Lipinski definition) is 3. The van der Waals surface area contributed by atoms with Crippen molar-refractivity contribution < 1.29 is 18.4 Å². The zero-order chi connectivity index (χ0) is 20.6. The van der Waals surface area contributed by atoms with E-state index in [0.29, 0.717) is 17.8 Å². The molecule has 29 heavy (non-hydrogen) atoms. The Labute approximate surface area is 166 Å². The predicted octanol–water partition coefficient (Wildman–Crippen LogP) is 3.95. The van der Waals surface area contributed by atoms with Crippen LogP contribution in [0.3, 0.4) is 0 Å². The van der Waals surface area contributed by atoms with E-state index in [4.69, 9.17) is 0 Å². The second-order valence-corrected chi connectivity index (χ2v) is 6.24. The third-order valence-electron chi connectivity index (χ3n) is 4.11. The first-order valence-electron chi connectivity index (χ1n) is 8.93. The van der Waals surface area contributed by atoms with E-state index in [1.807, 2.05) is 30.3 Å². The predicted molar refractivity (Wildman–Crippen MR) is 108 cm³/mol. The van der Waals surface area contributed by atoms with Gasteiger partial charge in [0.25, 0.3) is 5.91 Å². The summed E-state index contributed by atoms with van der Waals surface area (Å²) < 4.78 is 26.2. The number of anilines is 2. The van der Waals surface area contributed by atoms with Crippen molar-refractivity contribution in [1.29, 1.82) is 0 Å². The number of rotatable bonds is 7. The lowest BCUT2D eigenvalue weighted by molar-refractivity contribution is -0.114. The van der Waals surface area contributed by atoms with Gasteiger partial charge < -0.3 is 16.0 Å². The minimum atomic E-state index is -1.05. The number of carbonyl (C=O) groups is 2. The lowest BCUT2D eigenvalue weighted by Gasteiger charge is -2.12. The normalized spacial score (nSPS) is 10.3. The van der Waals surface area contributed by atoms with Gasteiger partial charge >= 0.3 is 0 Å². The van der Waals surface area contributed by atoms with Crippen molar-refractivity contribution >= 4 is 23.2 Å². The molecule has 0 saturated carbocycles. The fraction of sp³-hybridized carbons (Fsp3) is 0.0909. The molecule has 3 rings (SSSR count). The van der Waals surface area contributed by atoms with E-state index in [-0.39, 0.29) is 18.1 Å². The standard InChI is InChI=1S/C22H19F2N3O2/c23-18-11-10-16(12-19(18)24)27-21(28)14-25-20-9-5-4-8-17(20)22(29)26-13-15-6-2-1-3-7-15/h1-12,25H,13-14H2,(H,26,29)(H,27,28). The van der Waals surface area contributed by atoms with E-state index in [1.54, 1.807) is 24.3 Å². The zero-order valence-corrected chi connectivity index (χ0v) is 15.4. The molecule has 0 saturated heterocycles. The van der Waals surface area contributed by atoms with Gasteiger partial charge in [0, 0.05) is 24.0 Å². The molecule has 2 amide bonds. The third-order valence-corrected chi connectivity index (χ3v) is 4.11. The van der Waals surface area contributed by atoms with Crippen LogP contribution in [0.2, 0.25) is 0 Å². The van der Waals surface area contributed by atoms with Crippen molar-refractivity contribution in [2.24, 2.45) is 0 Å². The zero-order valence-electron chi connectivity index (χ0n) is 15.4. The summed E-state index contributed by atoms with van der Waals surface area (Å²) in [6.45, 7) is 0.229. The second-order valence-electron chi connectivity index (χ2n) is 6.24. The maximum Gasteiger partial charge on any atom is 0.253 e. The van der Waals surface area contributed by atoms with Crippen LogP contribution in [0.4, 0.5) is 20.2 Å². The third kappa shape index (κ3) is 5.62. The highest BCUT2D eigenvalue weighted by molar-refractivity contribution is 6.00. The van der Waals surface area contributed by atoms with Gasteiger partial charge in [0.15, 0.2) is 11.6 Å². The molecule has 0 aromatic heterocycles. The quantitative estimate of drug-likeness (QED) is 0.567. The summed E-state index contributed by atoms with van der Waals surface area (Å²) in [6.07, 6.45) is 0. The Morgan fingerprint density at radius 1 is 0.828 bits per heavy atom. The molecule has 0 aliphatic heterocycles. The molecule has 0 unspecified atom stereocenters. The molecule has 3 aromatic carbocycles. The van der Waals surface area contributed by atoms with Crippen LogP contribution < -0.4 is 16.0 Å². The van der Waals surface area contributed by atoms with Gasteiger partial charge in [-0.1, -0.05) is 42.5 Å². The largest absolute Gasteiger partial charge is 0.376 e.